The van der Waals surface area contributed by atoms with Crippen LogP contribution in [0.4, 0.5) is 5.69 Å². The molecule has 1 aliphatic heterocycles. The van der Waals surface area contributed by atoms with Gasteiger partial charge in [-0.25, -0.2) is 4.79 Å². The lowest BCUT2D eigenvalue weighted by Gasteiger charge is -2.37. The van der Waals surface area contributed by atoms with E-state index in [2.05, 4.69) is 10.6 Å². The highest BCUT2D eigenvalue weighted by Gasteiger charge is 2.45. The molecule has 0 aromatic heterocycles. The largest absolute Gasteiger partial charge is 0.478 e. The van der Waals surface area contributed by atoms with E-state index in [-0.39, 0.29) is 0 Å². The van der Waals surface area contributed by atoms with E-state index < -0.39 is 17.5 Å². The number of carboxylic acids is 1. The monoisotopic (exact) mass is 268 g/mol. The molecule has 2 aromatic carbocycles. The number of nitrogens with one attached hydrogen (secondary N) is 2. The summed E-state index contributed by atoms with van der Waals surface area (Å²) in [4.78, 5) is 23.9. The van der Waals surface area contributed by atoms with Gasteiger partial charge in [-0.1, -0.05) is 42.5 Å². The molecular weight excluding hydrogens is 256 g/mol. The van der Waals surface area contributed by atoms with Crippen LogP contribution in [0.25, 0.3) is 0 Å². The maximum absolute atomic E-state index is 12.2. The number of anilines is 1. The van der Waals surface area contributed by atoms with Crippen molar-refractivity contribution < 1.29 is 14.7 Å². The van der Waals surface area contributed by atoms with Gasteiger partial charge in [0.15, 0.2) is 0 Å². The van der Waals surface area contributed by atoms with E-state index in [9.17, 15) is 14.7 Å². The van der Waals surface area contributed by atoms with Crippen molar-refractivity contribution >= 4 is 17.6 Å². The third-order valence-electron chi connectivity index (χ3n) is 3.32. The topological polar surface area (TPSA) is 78.4 Å². The molecule has 0 radical (unpaired) electrons. The molecule has 1 aliphatic rings. The SMILES string of the molecule is O=C1N[C@](C(=O)O)(c2ccccc2)Nc2ccccc21. The Morgan fingerprint density at radius 2 is 1.60 bits per heavy atom. The summed E-state index contributed by atoms with van der Waals surface area (Å²) in [5, 5.41) is 15.1. The number of benzene rings is 2. The highest BCUT2D eigenvalue weighted by molar-refractivity contribution is 6.06. The number of carbonyl (C=O) groups excluding carboxylic acids is 1. The molecule has 1 heterocycles. The van der Waals surface area contributed by atoms with E-state index in [1.807, 2.05) is 0 Å². The van der Waals surface area contributed by atoms with Crippen molar-refractivity contribution in [2.45, 2.75) is 5.66 Å². The minimum Gasteiger partial charge on any atom is -0.478 e. The average Bonchev–Trinajstić information content (AvgIpc) is 2.48. The molecule has 2 aromatic rings. The summed E-state index contributed by atoms with van der Waals surface area (Å²) in [6.45, 7) is 0. The summed E-state index contributed by atoms with van der Waals surface area (Å²) >= 11 is 0. The molecule has 5 heteroatoms. The first kappa shape index (κ1) is 12.2. The third-order valence-corrected chi connectivity index (χ3v) is 3.32. The first-order valence-corrected chi connectivity index (χ1v) is 6.12. The number of para-hydroxylation sites is 1. The van der Waals surface area contributed by atoms with Gasteiger partial charge in [0, 0.05) is 11.3 Å². The molecule has 0 saturated carbocycles. The van der Waals surface area contributed by atoms with Crippen molar-refractivity contribution in [3.63, 3.8) is 0 Å². The summed E-state index contributed by atoms with van der Waals surface area (Å²) in [6, 6.07) is 15.4. The zero-order valence-corrected chi connectivity index (χ0v) is 10.5. The van der Waals surface area contributed by atoms with Crippen LogP contribution >= 0.6 is 0 Å². The Morgan fingerprint density at radius 3 is 2.30 bits per heavy atom. The Morgan fingerprint density at radius 1 is 0.950 bits per heavy atom. The van der Waals surface area contributed by atoms with Crippen LogP contribution in [0.5, 0.6) is 0 Å². The number of fused-ring (bicyclic) bond motifs is 1. The Balaban J connectivity index is 2.16. The fraction of sp³-hybridized carbons (Fsp3) is 0.0667. The van der Waals surface area contributed by atoms with Crippen LogP contribution in [0.3, 0.4) is 0 Å². The number of amides is 1. The summed E-state index contributed by atoms with van der Waals surface area (Å²) in [7, 11) is 0. The van der Waals surface area contributed by atoms with E-state index in [1.54, 1.807) is 54.6 Å². The van der Waals surface area contributed by atoms with Crippen LogP contribution in [0.15, 0.2) is 54.6 Å². The van der Waals surface area contributed by atoms with Crippen LogP contribution in [-0.2, 0) is 10.5 Å². The Bertz CT molecular complexity index is 685. The Kier molecular flexibility index (Phi) is 2.68. The fourth-order valence-electron chi connectivity index (χ4n) is 2.32. The van der Waals surface area contributed by atoms with E-state index in [4.69, 9.17) is 0 Å². The fourth-order valence-corrected chi connectivity index (χ4v) is 2.32. The van der Waals surface area contributed by atoms with E-state index in [0.717, 1.165) is 0 Å². The van der Waals surface area contributed by atoms with Crippen molar-refractivity contribution in [1.29, 1.82) is 0 Å². The van der Waals surface area contributed by atoms with Crippen LogP contribution < -0.4 is 10.6 Å². The van der Waals surface area contributed by atoms with Crippen molar-refractivity contribution in [1.82, 2.24) is 5.32 Å². The molecule has 1 amide bonds. The number of aliphatic carboxylic acids is 1. The minimum absolute atomic E-state index is 0.411. The van der Waals surface area contributed by atoms with Crippen molar-refractivity contribution in [2.75, 3.05) is 5.32 Å². The predicted octanol–water partition coefficient (Wildman–Crippen LogP) is 1.78. The quantitative estimate of drug-likeness (QED) is 0.775. The smallest absolute Gasteiger partial charge is 0.355 e. The van der Waals surface area contributed by atoms with Gasteiger partial charge >= 0.3 is 5.97 Å². The van der Waals surface area contributed by atoms with Gasteiger partial charge in [-0.05, 0) is 12.1 Å². The molecule has 1 atom stereocenters. The second kappa shape index (κ2) is 4.38. The molecule has 0 spiro atoms. The molecule has 3 N–H and O–H groups in total. The molecule has 100 valence electrons. The second-order valence-corrected chi connectivity index (χ2v) is 4.55. The van der Waals surface area contributed by atoms with Gasteiger partial charge in [0.05, 0.1) is 5.56 Å². The van der Waals surface area contributed by atoms with Gasteiger partial charge in [0.2, 0.25) is 5.66 Å². The molecule has 5 nitrogen and oxygen atoms in total. The van der Waals surface area contributed by atoms with Gasteiger partial charge < -0.3 is 15.7 Å². The molecule has 0 fully saturated rings. The van der Waals surface area contributed by atoms with Crippen molar-refractivity contribution in [2.24, 2.45) is 0 Å². The van der Waals surface area contributed by atoms with E-state index >= 15 is 0 Å². The normalized spacial score (nSPS) is 20.5. The van der Waals surface area contributed by atoms with E-state index in [0.29, 0.717) is 16.8 Å². The van der Waals surface area contributed by atoms with Gasteiger partial charge in [-0.3, -0.25) is 4.79 Å². The number of rotatable bonds is 2. The first-order valence-electron chi connectivity index (χ1n) is 6.12. The average molecular weight is 268 g/mol. The van der Waals surface area contributed by atoms with Crippen LogP contribution in [0.2, 0.25) is 0 Å². The summed E-state index contributed by atoms with van der Waals surface area (Å²) in [6.07, 6.45) is 0. The lowest BCUT2D eigenvalue weighted by atomic mass is 9.94. The van der Waals surface area contributed by atoms with Gasteiger partial charge in [0.1, 0.15) is 0 Å². The van der Waals surface area contributed by atoms with Crippen LogP contribution in [0, 0.1) is 0 Å². The zero-order chi connectivity index (χ0) is 14.2. The van der Waals surface area contributed by atoms with Crippen molar-refractivity contribution in [3.05, 3.63) is 65.7 Å². The molecule has 0 saturated heterocycles. The predicted molar refractivity (Wildman–Crippen MR) is 73.3 cm³/mol. The highest BCUT2D eigenvalue weighted by atomic mass is 16.4. The number of hydrogen-bond donors (Lipinski definition) is 3. The standard InChI is InChI=1S/C15H12N2O3/c18-13-11-8-4-5-9-12(11)16-15(17-13,14(19)20)10-6-2-1-3-7-10/h1-9,16H,(H,17,18)(H,19,20)/t15-/m0/s1. The molecule has 0 aliphatic carbocycles. The molecule has 3 rings (SSSR count). The number of hydrogen-bond acceptors (Lipinski definition) is 3. The summed E-state index contributed by atoms with van der Waals surface area (Å²) in [5.74, 6) is -1.57. The maximum atomic E-state index is 12.2. The highest BCUT2D eigenvalue weighted by Crippen LogP contribution is 2.31. The number of carboxylic acid groups (broad SMARTS) is 1. The summed E-state index contributed by atoms with van der Waals surface area (Å²) < 4.78 is 0. The zero-order valence-electron chi connectivity index (χ0n) is 10.5. The minimum atomic E-state index is -1.65. The van der Waals surface area contributed by atoms with Gasteiger partial charge in [-0.2, -0.15) is 0 Å². The van der Waals surface area contributed by atoms with E-state index in [1.165, 1.54) is 0 Å². The molecular formula is C15H12N2O3. The van der Waals surface area contributed by atoms with Crippen molar-refractivity contribution in [3.8, 4) is 0 Å². The maximum Gasteiger partial charge on any atom is 0.355 e. The summed E-state index contributed by atoms with van der Waals surface area (Å²) in [5.41, 5.74) is -0.245. The lowest BCUT2D eigenvalue weighted by molar-refractivity contribution is -0.143. The Hall–Kier alpha value is -2.82. The third kappa shape index (κ3) is 1.72. The van der Waals surface area contributed by atoms with Gasteiger partial charge in [-0.15, -0.1) is 0 Å². The first-order chi connectivity index (χ1) is 9.63. The molecule has 0 unspecified atom stereocenters. The second-order valence-electron chi connectivity index (χ2n) is 4.55. The lowest BCUT2D eigenvalue weighted by Crippen LogP contribution is -2.60. The molecule has 20 heavy (non-hydrogen) atoms. The number of carbonyl (C=O) groups is 2. The Labute approximate surface area is 115 Å². The van der Waals surface area contributed by atoms with Gasteiger partial charge in [0.25, 0.3) is 5.91 Å². The van der Waals surface area contributed by atoms with Crippen LogP contribution in [0.1, 0.15) is 15.9 Å². The van der Waals surface area contributed by atoms with Crippen LogP contribution in [-0.4, -0.2) is 17.0 Å². The molecule has 0 bridgehead atoms.